The van der Waals surface area contributed by atoms with E-state index >= 15 is 0 Å². The summed E-state index contributed by atoms with van der Waals surface area (Å²) in [6.07, 6.45) is 1.75. The van der Waals surface area contributed by atoms with Crippen LogP contribution in [0.5, 0.6) is 0 Å². The summed E-state index contributed by atoms with van der Waals surface area (Å²) in [5.74, 6) is 0.116. The van der Waals surface area contributed by atoms with Crippen molar-refractivity contribution in [2.24, 2.45) is 10.9 Å². The lowest BCUT2D eigenvalue weighted by atomic mass is 10.1. The van der Waals surface area contributed by atoms with E-state index in [-0.39, 0.29) is 5.84 Å². The zero-order valence-electron chi connectivity index (χ0n) is 9.54. The summed E-state index contributed by atoms with van der Waals surface area (Å²) in [6, 6.07) is 9.47. The van der Waals surface area contributed by atoms with Crippen LogP contribution >= 0.6 is 0 Å². The van der Waals surface area contributed by atoms with Gasteiger partial charge in [0, 0.05) is 17.5 Å². The molecule has 1 aromatic carbocycles. The van der Waals surface area contributed by atoms with Crippen molar-refractivity contribution < 1.29 is 5.21 Å². The fourth-order valence-corrected chi connectivity index (χ4v) is 1.69. The van der Waals surface area contributed by atoms with Crippen LogP contribution in [0.3, 0.4) is 0 Å². The van der Waals surface area contributed by atoms with Gasteiger partial charge in [-0.2, -0.15) is 5.10 Å². The molecule has 0 fully saturated rings. The Kier molecular flexibility index (Phi) is 3.09. The van der Waals surface area contributed by atoms with Gasteiger partial charge in [0.05, 0.1) is 6.54 Å². The van der Waals surface area contributed by atoms with Crippen molar-refractivity contribution in [1.82, 2.24) is 9.78 Å². The first kappa shape index (κ1) is 11.2. The summed E-state index contributed by atoms with van der Waals surface area (Å²) >= 11 is 0. The third-order valence-electron chi connectivity index (χ3n) is 2.65. The summed E-state index contributed by atoms with van der Waals surface area (Å²) in [7, 11) is 0. The van der Waals surface area contributed by atoms with Crippen molar-refractivity contribution >= 4 is 5.84 Å². The smallest absolute Gasteiger partial charge is 0.170 e. The highest BCUT2D eigenvalue weighted by atomic mass is 16.4. The first-order valence-electron chi connectivity index (χ1n) is 5.26. The van der Waals surface area contributed by atoms with E-state index in [1.54, 1.807) is 6.20 Å². The Bertz CT molecular complexity index is 545. The van der Waals surface area contributed by atoms with Crippen LogP contribution in [0.4, 0.5) is 0 Å². The number of hydrogen-bond donors (Lipinski definition) is 2. The van der Waals surface area contributed by atoms with Crippen LogP contribution in [0.1, 0.15) is 16.8 Å². The third kappa shape index (κ3) is 2.28. The van der Waals surface area contributed by atoms with Crippen LogP contribution in [0.15, 0.2) is 41.7 Å². The number of hydrogen-bond acceptors (Lipinski definition) is 3. The Hall–Kier alpha value is -2.30. The lowest BCUT2D eigenvalue weighted by Crippen LogP contribution is -2.17. The lowest BCUT2D eigenvalue weighted by Gasteiger charge is -2.09. The fourth-order valence-electron chi connectivity index (χ4n) is 1.69. The highest BCUT2D eigenvalue weighted by Gasteiger charge is 2.07. The predicted octanol–water partition coefficient (Wildman–Crippen LogP) is 1.33. The molecule has 2 rings (SSSR count). The molecule has 1 heterocycles. The zero-order chi connectivity index (χ0) is 12.3. The molecule has 0 bridgehead atoms. The Morgan fingerprint density at radius 2 is 2.18 bits per heavy atom. The number of aryl methyl sites for hydroxylation is 1. The van der Waals surface area contributed by atoms with E-state index in [1.165, 1.54) is 0 Å². The van der Waals surface area contributed by atoms with E-state index in [0.29, 0.717) is 6.54 Å². The molecular formula is C12H14N4O. The number of rotatable bonds is 3. The largest absolute Gasteiger partial charge is 0.409 e. The maximum atomic E-state index is 8.73. The van der Waals surface area contributed by atoms with Gasteiger partial charge >= 0.3 is 0 Å². The molecular weight excluding hydrogens is 216 g/mol. The predicted molar refractivity (Wildman–Crippen MR) is 65.0 cm³/mol. The molecule has 0 aliphatic heterocycles. The van der Waals surface area contributed by atoms with Crippen LogP contribution in [-0.4, -0.2) is 20.8 Å². The van der Waals surface area contributed by atoms with Crippen LogP contribution in [0.2, 0.25) is 0 Å². The number of benzene rings is 1. The molecule has 0 aliphatic carbocycles. The van der Waals surface area contributed by atoms with Gasteiger partial charge in [0.2, 0.25) is 0 Å². The van der Waals surface area contributed by atoms with E-state index in [4.69, 9.17) is 10.9 Å². The average Bonchev–Trinajstić information content (AvgIpc) is 2.75. The quantitative estimate of drug-likeness (QED) is 0.361. The van der Waals surface area contributed by atoms with Gasteiger partial charge in [-0.05, 0) is 18.6 Å². The van der Waals surface area contributed by atoms with Crippen LogP contribution < -0.4 is 5.73 Å². The number of oxime groups is 1. The second-order valence-electron chi connectivity index (χ2n) is 3.77. The molecule has 0 aliphatic rings. The second-order valence-corrected chi connectivity index (χ2v) is 3.77. The van der Waals surface area contributed by atoms with Gasteiger partial charge in [0.25, 0.3) is 0 Å². The van der Waals surface area contributed by atoms with E-state index in [9.17, 15) is 0 Å². The van der Waals surface area contributed by atoms with Crippen LogP contribution in [0, 0.1) is 6.92 Å². The van der Waals surface area contributed by atoms with E-state index in [1.807, 2.05) is 41.9 Å². The molecule has 3 N–H and O–H groups in total. The molecule has 0 saturated heterocycles. The molecule has 88 valence electrons. The molecule has 0 radical (unpaired) electrons. The van der Waals surface area contributed by atoms with E-state index in [0.717, 1.165) is 16.8 Å². The minimum atomic E-state index is 0.116. The molecule has 1 aromatic heterocycles. The normalized spacial score (nSPS) is 11.7. The SMILES string of the molecule is Cc1ccnn1Cc1ccccc1C(N)=NO. The summed E-state index contributed by atoms with van der Waals surface area (Å²) in [5, 5.41) is 16.0. The average molecular weight is 230 g/mol. The fraction of sp³-hybridized carbons (Fsp3) is 0.167. The maximum Gasteiger partial charge on any atom is 0.170 e. The minimum absolute atomic E-state index is 0.116. The molecule has 5 nitrogen and oxygen atoms in total. The molecule has 0 amide bonds. The Labute approximate surface area is 99.2 Å². The third-order valence-corrected chi connectivity index (χ3v) is 2.65. The van der Waals surface area contributed by atoms with Crippen LogP contribution in [0.25, 0.3) is 0 Å². The van der Waals surface area contributed by atoms with Crippen molar-refractivity contribution in [3.63, 3.8) is 0 Å². The summed E-state index contributed by atoms with van der Waals surface area (Å²) in [6.45, 7) is 2.59. The molecule has 0 unspecified atom stereocenters. The Balaban J connectivity index is 2.36. The number of aromatic nitrogens is 2. The van der Waals surface area contributed by atoms with E-state index in [2.05, 4.69) is 10.3 Å². The van der Waals surface area contributed by atoms with Gasteiger partial charge in [-0.15, -0.1) is 0 Å². The number of nitrogens with zero attached hydrogens (tertiary/aromatic N) is 3. The number of amidine groups is 1. The minimum Gasteiger partial charge on any atom is -0.409 e. The Morgan fingerprint density at radius 3 is 2.82 bits per heavy atom. The number of nitrogens with two attached hydrogens (primary N) is 1. The van der Waals surface area contributed by atoms with Gasteiger partial charge in [0.1, 0.15) is 0 Å². The first-order valence-corrected chi connectivity index (χ1v) is 5.26. The summed E-state index contributed by atoms with van der Waals surface area (Å²) in [5.41, 5.74) is 8.40. The van der Waals surface area contributed by atoms with Gasteiger partial charge in [-0.1, -0.05) is 29.4 Å². The topological polar surface area (TPSA) is 76.4 Å². The first-order chi connectivity index (χ1) is 8.22. The second kappa shape index (κ2) is 4.69. The van der Waals surface area contributed by atoms with E-state index < -0.39 is 0 Å². The molecule has 5 heteroatoms. The zero-order valence-corrected chi connectivity index (χ0v) is 9.54. The summed E-state index contributed by atoms with van der Waals surface area (Å²) in [4.78, 5) is 0. The maximum absolute atomic E-state index is 8.73. The molecule has 2 aromatic rings. The van der Waals surface area contributed by atoms with Crippen molar-refractivity contribution in [2.75, 3.05) is 0 Å². The molecule has 0 spiro atoms. The molecule has 17 heavy (non-hydrogen) atoms. The monoisotopic (exact) mass is 230 g/mol. The van der Waals surface area contributed by atoms with Gasteiger partial charge in [-0.25, -0.2) is 0 Å². The lowest BCUT2D eigenvalue weighted by molar-refractivity contribution is 0.318. The summed E-state index contributed by atoms with van der Waals surface area (Å²) < 4.78 is 1.86. The highest BCUT2D eigenvalue weighted by Crippen LogP contribution is 2.11. The van der Waals surface area contributed by atoms with Gasteiger partial charge in [-0.3, -0.25) is 4.68 Å². The van der Waals surface area contributed by atoms with Crippen LogP contribution in [-0.2, 0) is 6.54 Å². The molecule has 0 saturated carbocycles. The van der Waals surface area contributed by atoms with Gasteiger partial charge < -0.3 is 10.9 Å². The highest BCUT2D eigenvalue weighted by molar-refractivity contribution is 5.98. The molecule has 0 atom stereocenters. The van der Waals surface area contributed by atoms with Crippen molar-refractivity contribution in [3.05, 3.63) is 53.3 Å². The van der Waals surface area contributed by atoms with Crippen molar-refractivity contribution in [1.29, 1.82) is 0 Å². The van der Waals surface area contributed by atoms with Crippen molar-refractivity contribution in [3.8, 4) is 0 Å². The standard InChI is InChI=1S/C12H14N4O/c1-9-6-7-14-16(9)8-10-4-2-3-5-11(10)12(13)15-17/h2-7,17H,8H2,1H3,(H2,13,15). The van der Waals surface area contributed by atoms with Crippen molar-refractivity contribution in [2.45, 2.75) is 13.5 Å². The Morgan fingerprint density at radius 1 is 1.41 bits per heavy atom. The van der Waals surface area contributed by atoms with Gasteiger partial charge in [0.15, 0.2) is 5.84 Å².